The van der Waals surface area contributed by atoms with Crippen LogP contribution in [0.3, 0.4) is 0 Å². The summed E-state index contributed by atoms with van der Waals surface area (Å²) < 4.78 is 6.03. The van der Waals surface area contributed by atoms with Crippen LogP contribution in [-0.2, 0) is 32.9 Å². The van der Waals surface area contributed by atoms with Crippen molar-refractivity contribution in [1.29, 1.82) is 0 Å². The molecule has 0 spiro atoms. The minimum Gasteiger partial charge on any atom is -0.486 e. The summed E-state index contributed by atoms with van der Waals surface area (Å²) in [6.07, 6.45) is 13.7. The molecular formula is C41H45IrN3OSi-2. The van der Waals surface area contributed by atoms with Gasteiger partial charge in [-0.2, -0.15) is 0 Å². The van der Waals surface area contributed by atoms with Crippen LogP contribution < -0.4 is 5.19 Å². The van der Waals surface area contributed by atoms with Crippen LogP contribution in [0, 0.1) is 30.9 Å². The second-order valence-corrected chi connectivity index (χ2v) is 19.3. The minimum absolute atomic E-state index is 0. The normalized spacial score (nSPS) is 13.5. The molecule has 245 valence electrons. The molecule has 1 radical (unpaired) electrons. The minimum atomic E-state index is -1.34. The molecule has 7 rings (SSSR count). The molecule has 1 saturated carbocycles. The fourth-order valence-electron chi connectivity index (χ4n) is 6.71. The fourth-order valence-corrected chi connectivity index (χ4v) is 8.30. The monoisotopic (exact) mass is 816 g/mol. The number of hydrogen-bond donors (Lipinski definition) is 0. The van der Waals surface area contributed by atoms with E-state index in [9.17, 15) is 0 Å². The molecule has 1 aliphatic carbocycles. The first-order valence-electron chi connectivity index (χ1n) is 16.8. The number of hydrogen-bond acceptors (Lipinski definition) is 4. The summed E-state index contributed by atoms with van der Waals surface area (Å²) in [5.41, 5.74) is 9.60. The van der Waals surface area contributed by atoms with E-state index in [2.05, 4.69) is 93.1 Å². The molecule has 1 fully saturated rings. The molecule has 0 amide bonds. The van der Waals surface area contributed by atoms with E-state index >= 15 is 0 Å². The molecule has 4 aromatic heterocycles. The molecule has 0 bridgehead atoms. The van der Waals surface area contributed by atoms with Gasteiger partial charge in [-0.05, 0) is 65.9 Å². The van der Waals surface area contributed by atoms with Crippen LogP contribution in [0.4, 0.5) is 0 Å². The first-order chi connectivity index (χ1) is 22.2. The van der Waals surface area contributed by atoms with E-state index in [0.717, 1.165) is 57.6 Å². The van der Waals surface area contributed by atoms with E-state index in [1.54, 1.807) is 6.20 Å². The predicted octanol–water partition coefficient (Wildman–Crippen LogP) is 10.2. The van der Waals surface area contributed by atoms with Crippen molar-refractivity contribution in [2.45, 2.75) is 78.9 Å². The van der Waals surface area contributed by atoms with Gasteiger partial charge in [0.05, 0.1) is 13.7 Å². The number of benzene rings is 2. The number of fused-ring (bicyclic) bond motifs is 3. The van der Waals surface area contributed by atoms with E-state index in [1.165, 1.54) is 47.6 Å². The molecule has 1 aliphatic rings. The summed E-state index contributed by atoms with van der Waals surface area (Å²) in [7, 11) is -1.34. The molecular weight excluding hydrogens is 771 g/mol. The van der Waals surface area contributed by atoms with E-state index in [-0.39, 0.29) is 20.1 Å². The number of aryl methyl sites for hydroxylation is 1. The van der Waals surface area contributed by atoms with Crippen molar-refractivity contribution < 1.29 is 24.5 Å². The maximum absolute atomic E-state index is 6.03. The van der Waals surface area contributed by atoms with Crippen molar-refractivity contribution >= 4 is 35.3 Å². The van der Waals surface area contributed by atoms with Gasteiger partial charge in [0.2, 0.25) is 5.71 Å². The topological polar surface area (TPSA) is 51.8 Å². The summed E-state index contributed by atoms with van der Waals surface area (Å²) in [5, 5.41) is 3.59. The summed E-state index contributed by atoms with van der Waals surface area (Å²) in [5.74, 6) is 1.50. The van der Waals surface area contributed by atoms with Crippen molar-refractivity contribution in [2.75, 3.05) is 0 Å². The Morgan fingerprint density at radius 2 is 1.64 bits per heavy atom. The largest absolute Gasteiger partial charge is 0.486 e. The van der Waals surface area contributed by atoms with E-state index in [1.807, 2.05) is 42.5 Å². The fraction of sp³-hybridized carbons (Fsp3) is 0.341. The van der Waals surface area contributed by atoms with Crippen molar-refractivity contribution in [3.05, 3.63) is 108 Å². The second kappa shape index (κ2) is 15.2. The van der Waals surface area contributed by atoms with Crippen LogP contribution in [0.25, 0.3) is 44.6 Å². The van der Waals surface area contributed by atoms with E-state index in [4.69, 9.17) is 9.40 Å². The molecule has 6 aromatic rings. The molecule has 0 unspecified atom stereocenters. The Morgan fingerprint density at radius 1 is 0.851 bits per heavy atom. The number of rotatable bonds is 7. The van der Waals surface area contributed by atoms with Gasteiger partial charge in [0, 0.05) is 44.1 Å². The molecule has 0 saturated heterocycles. The first-order valence-corrected chi connectivity index (χ1v) is 20.3. The van der Waals surface area contributed by atoms with Crippen LogP contribution in [0.1, 0.15) is 56.2 Å². The average Bonchev–Trinajstić information content (AvgIpc) is 3.70. The second-order valence-electron chi connectivity index (χ2n) is 14.3. The molecule has 0 aliphatic heterocycles. The third kappa shape index (κ3) is 8.17. The van der Waals surface area contributed by atoms with Crippen molar-refractivity contribution in [3.8, 4) is 22.5 Å². The first kappa shape index (κ1) is 34.9. The molecule has 4 heterocycles. The molecule has 4 nitrogen and oxygen atoms in total. The van der Waals surface area contributed by atoms with Crippen LogP contribution in [-0.4, -0.2) is 23.0 Å². The zero-order valence-electron chi connectivity index (χ0n) is 28.5. The Hall–Kier alpha value is -3.44. The smallest absolute Gasteiger partial charge is 0.216 e. The third-order valence-corrected chi connectivity index (χ3v) is 11.1. The predicted molar refractivity (Wildman–Crippen MR) is 194 cm³/mol. The summed E-state index contributed by atoms with van der Waals surface area (Å²) in [6.45, 7) is 13.9. The Morgan fingerprint density at radius 3 is 2.34 bits per heavy atom. The number of nitrogens with zero attached hydrogens (tertiary/aromatic N) is 3. The van der Waals surface area contributed by atoms with Gasteiger partial charge in [0.1, 0.15) is 0 Å². The SMILES string of the molecule is CC(C)Cc1cc(-c2[c-]cccc2)ncc1[Si](C)(C)C.Cc1cc(-c2[c-]ccc3c2oc2ncccc23)ncc1CC1CCCC1.[Ir]. The Kier molecular flexibility index (Phi) is 11.3. The summed E-state index contributed by atoms with van der Waals surface area (Å²) >= 11 is 0. The van der Waals surface area contributed by atoms with Gasteiger partial charge in [-0.25, -0.2) is 4.98 Å². The van der Waals surface area contributed by atoms with Gasteiger partial charge in [0.25, 0.3) is 0 Å². The Balaban J connectivity index is 0.000000188. The van der Waals surface area contributed by atoms with E-state index in [0.29, 0.717) is 11.6 Å². The zero-order chi connectivity index (χ0) is 32.3. The van der Waals surface area contributed by atoms with Crippen LogP contribution in [0.15, 0.2) is 83.7 Å². The van der Waals surface area contributed by atoms with E-state index < -0.39 is 8.07 Å². The molecule has 0 atom stereocenters. The van der Waals surface area contributed by atoms with Crippen molar-refractivity contribution in [2.24, 2.45) is 11.8 Å². The van der Waals surface area contributed by atoms with Crippen molar-refractivity contribution in [3.63, 3.8) is 0 Å². The van der Waals surface area contributed by atoms with Gasteiger partial charge in [-0.3, -0.25) is 0 Å². The number of pyridine rings is 3. The maximum atomic E-state index is 6.03. The van der Waals surface area contributed by atoms with Gasteiger partial charge in [0.15, 0.2) is 0 Å². The number of aromatic nitrogens is 3. The van der Waals surface area contributed by atoms with Crippen LogP contribution in [0.5, 0.6) is 0 Å². The van der Waals surface area contributed by atoms with Crippen LogP contribution in [0.2, 0.25) is 19.6 Å². The van der Waals surface area contributed by atoms with Crippen molar-refractivity contribution in [1.82, 2.24) is 15.0 Å². The molecule has 47 heavy (non-hydrogen) atoms. The molecule has 6 heteroatoms. The van der Waals surface area contributed by atoms with Gasteiger partial charge < -0.3 is 14.4 Å². The Bertz CT molecular complexity index is 1940. The molecule has 0 N–H and O–H groups in total. The Labute approximate surface area is 294 Å². The van der Waals surface area contributed by atoms with Gasteiger partial charge in [-0.15, -0.1) is 54.1 Å². The average molecular weight is 816 g/mol. The standard InChI is InChI=1S/C23H21N2O.C18H24NSi.Ir/c1-15-12-21(25-14-17(15)13-16-6-2-3-7-16)20-9-4-8-18-19-10-5-11-24-23(19)26-22(18)20;1-14(2)11-16-12-17(15-9-7-6-8-10-15)19-13-18(16)20(3,4)5;/h4-5,8,10-12,14,16H,2-3,6-7,13H2,1H3;6-9,12-14H,11H2,1-5H3;/q2*-1;. The zero-order valence-corrected chi connectivity index (χ0v) is 31.9. The summed E-state index contributed by atoms with van der Waals surface area (Å²) in [4.78, 5) is 13.8. The van der Waals surface area contributed by atoms with Gasteiger partial charge in [-0.1, -0.05) is 93.4 Å². The van der Waals surface area contributed by atoms with Gasteiger partial charge >= 0.3 is 0 Å². The third-order valence-electron chi connectivity index (χ3n) is 9.08. The van der Waals surface area contributed by atoms with Crippen LogP contribution >= 0.6 is 0 Å². The maximum Gasteiger partial charge on any atom is 0.216 e. The quantitative estimate of drug-likeness (QED) is 0.119. The molecule has 2 aromatic carbocycles. The number of furan rings is 1. The summed E-state index contributed by atoms with van der Waals surface area (Å²) in [6, 6.07) is 27.1.